The van der Waals surface area contributed by atoms with Gasteiger partial charge in [0.1, 0.15) is 11.8 Å². The highest BCUT2D eigenvalue weighted by molar-refractivity contribution is 6.04. The zero-order valence-electron chi connectivity index (χ0n) is 12.6. The summed E-state index contributed by atoms with van der Waals surface area (Å²) >= 11 is 0. The van der Waals surface area contributed by atoms with Crippen LogP contribution in [0, 0.1) is 6.92 Å². The summed E-state index contributed by atoms with van der Waals surface area (Å²) in [4.78, 5) is 27.1. The molecule has 1 aromatic carbocycles. The molecule has 0 aliphatic rings. The summed E-state index contributed by atoms with van der Waals surface area (Å²) in [7, 11) is 1.50. The first kappa shape index (κ1) is 15.3. The second kappa shape index (κ2) is 6.10. The summed E-state index contributed by atoms with van der Waals surface area (Å²) in [6.45, 7) is 5.63. The number of aromatic nitrogens is 1. The van der Waals surface area contributed by atoms with Crippen molar-refractivity contribution in [2.45, 2.75) is 26.9 Å². The molecule has 5 heteroatoms. The molecular weight excluding hydrogens is 270 g/mol. The molecule has 0 radical (unpaired) electrons. The molecule has 0 saturated carbocycles. The minimum atomic E-state index is -0.494. The van der Waals surface area contributed by atoms with E-state index in [1.807, 2.05) is 6.92 Å². The van der Waals surface area contributed by atoms with Crippen LogP contribution in [0.3, 0.4) is 0 Å². The van der Waals surface area contributed by atoms with Crippen molar-refractivity contribution in [3.05, 3.63) is 35.0 Å². The number of nitrogens with one attached hydrogen (secondary N) is 1. The second-order valence-electron chi connectivity index (χ2n) is 4.85. The largest absolute Gasteiger partial charge is 0.461 e. The van der Waals surface area contributed by atoms with E-state index in [1.54, 1.807) is 32.0 Å². The minimum absolute atomic E-state index is 0.0855. The number of fused-ring (bicyclic) bond motifs is 1. The molecule has 0 aliphatic heterocycles. The van der Waals surface area contributed by atoms with E-state index < -0.39 is 6.10 Å². The summed E-state index contributed by atoms with van der Waals surface area (Å²) in [6, 6.07) is 5.30. The van der Waals surface area contributed by atoms with E-state index in [0.717, 1.165) is 16.5 Å². The molecule has 1 heterocycles. The number of aryl methyl sites for hydroxylation is 1. The van der Waals surface area contributed by atoms with Gasteiger partial charge in [0.15, 0.2) is 5.78 Å². The number of methoxy groups -OCH3 is 1. The van der Waals surface area contributed by atoms with Crippen molar-refractivity contribution in [1.82, 2.24) is 4.98 Å². The van der Waals surface area contributed by atoms with Crippen LogP contribution in [0.1, 0.15) is 40.3 Å². The molecule has 0 bridgehead atoms. The van der Waals surface area contributed by atoms with E-state index >= 15 is 0 Å². The number of aromatic amines is 1. The quantitative estimate of drug-likeness (QED) is 0.679. The third-order valence-corrected chi connectivity index (χ3v) is 3.55. The van der Waals surface area contributed by atoms with Gasteiger partial charge in [-0.2, -0.15) is 0 Å². The van der Waals surface area contributed by atoms with Gasteiger partial charge in [0, 0.05) is 23.6 Å². The van der Waals surface area contributed by atoms with Gasteiger partial charge in [-0.05, 0) is 44.5 Å². The van der Waals surface area contributed by atoms with E-state index in [9.17, 15) is 9.59 Å². The number of H-pyrrole nitrogens is 1. The number of Topliss-reactive ketones (excluding diaryl/α,β-unsaturated/α-hetero) is 1. The highest BCUT2D eigenvalue weighted by atomic mass is 16.5. The molecule has 2 aromatic rings. The number of hydrogen-bond donors (Lipinski definition) is 1. The standard InChI is InChI=1S/C16H19NO4/c1-5-21-16(19)14-9(2)12-8-11(6-7-13(12)17-14)15(18)10(3)20-4/h6-8,10,17H,5H2,1-4H3. The summed E-state index contributed by atoms with van der Waals surface area (Å²) in [5, 5.41) is 0.840. The number of ether oxygens (including phenoxy) is 2. The van der Waals surface area contributed by atoms with Crippen LogP contribution in [-0.2, 0) is 9.47 Å². The number of rotatable bonds is 5. The average molecular weight is 289 g/mol. The molecular formula is C16H19NO4. The maximum Gasteiger partial charge on any atom is 0.355 e. The Morgan fingerprint density at radius 3 is 2.67 bits per heavy atom. The summed E-state index contributed by atoms with van der Waals surface area (Å²) in [6.07, 6.45) is -0.494. The maximum absolute atomic E-state index is 12.1. The Morgan fingerprint density at radius 2 is 2.05 bits per heavy atom. The fourth-order valence-corrected chi connectivity index (χ4v) is 2.23. The van der Waals surface area contributed by atoms with E-state index in [4.69, 9.17) is 9.47 Å². The molecule has 1 aromatic heterocycles. The van der Waals surface area contributed by atoms with E-state index in [0.29, 0.717) is 17.9 Å². The average Bonchev–Trinajstić information content (AvgIpc) is 2.82. The molecule has 112 valence electrons. The van der Waals surface area contributed by atoms with E-state index in [1.165, 1.54) is 7.11 Å². The van der Waals surface area contributed by atoms with Gasteiger partial charge in [0.05, 0.1) is 6.61 Å². The Bertz CT molecular complexity index is 687. The Hall–Kier alpha value is -2.14. The predicted molar refractivity (Wildman–Crippen MR) is 79.8 cm³/mol. The molecule has 5 nitrogen and oxygen atoms in total. The van der Waals surface area contributed by atoms with E-state index in [-0.39, 0.29) is 11.8 Å². The van der Waals surface area contributed by atoms with Crippen molar-refractivity contribution in [3.8, 4) is 0 Å². The highest BCUT2D eigenvalue weighted by Crippen LogP contribution is 2.24. The molecule has 0 saturated heterocycles. The Labute approximate surface area is 123 Å². The van der Waals surface area contributed by atoms with Crippen LogP contribution in [0.15, 0.2) is 18.2 Å². The third-order valence-electron chi connectivity index (χ3n) is 3.55. The Balaban J connectivity index is 2.46. The van der Waals surface area contributed by atoms with Crippen molar-refractivity contribution in [1.29, 1.82) is 0 Å². The molecule has 2 rings (SSSR count). The van der Waals surface area contributed by atoms with Crippen molar-refractivity contribution in [2.75, 3.05) is 13.7 Å². The van der Waals surface area contributed by atoms with Crippen LogP contribution in [0.2, 0.25) is 0 Å². The summed E-state index contributed by atoms with van der Waals surface area (Å²) < 4.78 is 10.1. The molecule has 0 aliphatic carbocycles. The first-order valence-electron chi connectivity index (χ1n) is 6.86. The number of esters is 1. The number of benzene rings is 1. The van der Waals surface area contributed by atoms with Crippen LogP contribution in [0.4, 0.5) is 0 Å². The Kier molecular flexibility index (Phi) is 4.43. The molecule has 0 spiro atoms. The van der Waals surface area contributed by atoms with Crippen LogP contribution >= 0.6 is 0 Å². The molecule has 1 N–H and O–H groups in total. The van der Waals surface area contributed by atoms with Gasteiger partial charge in [0.2, 0.25) is 0 Å². The van der Waals surface area contributed by atoms with Crippen molar-refractivity contribution < 1.29 is 19.1 Å². The first-order chi connectivity index (χ1) is 9.99. The van der Waals surface area contributed by atoms with E-state index in [2.05, 4.69) is 4.98 Å². The van der Waals surface area contributed by atoms with Gasteiger partial charge in [-0.1, -0.05) is 0 Å². The zero-order chi connectivity index (χ0) is 15.6. The number of ketones is 1. The molecule has 21 heavy (non-hydrogen) atoms. The lowest BCUT2D eigenvalue weighted by Gasteiger charge is -2.08. The summed E-state index contributed by atoms with van der Waals surface area (Å²) in [5.74, 6) is -0.470. The van der Waals surface area contributed by atoms with Crippen LogP contribution in [-0.4, -0.2) is 36.6 Å². The number of carbonyl (C=O) groups is 2. The minimum Gasteiger partial charge on any atom is -0.461 e. The molecule has 0 fully saturated rings. The lowest BCUT2D eigenvalue weighted by Crippen LogP contribution is -2.18. The maximum atomic E-state index is 12.1. The fraction of sp³-hybridized carbons (Fsp3) is 0.375. The van der Waals surface area contributed by atoms with Gasteiger partial charge < -0.3 is 14.5 Å². The normalized spacial score (nSPS) is 12.4. The van der Waals surface area contributed by atoms with Gasteiger partial charge in [-0.15, -0.1) is 0 Å². The second-order valence-corrected chi connectivity index (χ2v) is 4.85. The predicted octanol–water partition coefficient (Wildman–Crippen LogP) is 2.87. The van der Waals surface area contributed by atoms with Crippen LogP contribution in [0.25, 0.3) is 10.9 Å². The summed E-state index contributed by atoms with van der Waals surface area (Å²) in [5.41, 5.74) is 2.57. The molecule has 1 atom stereocenters. The smallest absolute Gasteiger partial charge is 0.355 e. The lowest BCUT2D eigenvalue weighted by atomic mass is 10.0. The van der Waals surface area contributed by atoms with Crippen molar-refractivity contribution in [3.63, 3.8) is 0 Å². The first-order valence-corrected chi connectivity index (χ1v) is 6.86. The highest BCUT2D eigenvalue weighted by Gasteiger charge is 2.19. The third kappa shape index (κ3) is 2.83. The molecule has 1 unspecified atom stereocenters. The fourth-order valence-electron chi connectivity index (χ4n) is 2.23. The Morgan fingerprint density at radius 1 is 1.33 bits per heavy atom. The van der Waals surface area contributed by atoms with Gasteiger partial charge >= 0.3 is 5.97 Å². The van der Waals surface area contributed by atoms with Crippen molar-refractivity contribution in [2.24, 2.45) is 0 Å². The van der Waals surface area contributed by atoms with Crippen LogP contribution in [0.5, 0.6) is 0 Å². The number of carbonyl (C=O) groups excluding carboxylic acids is 2. The van der Waals surface area contributed by atoms with Crippen LogP contribution < -0.4 is 0 Å². The topological polar surface area (TPSA) is 68.4 Å². The monoisotopic (exact) mass is 289 g/mol. The molecule has 0 amide bonds. The van der Waals surface area contributed by atoms with Gasteiger partial charge in [-0.3, -0.25) is 4.79 Å². The van der Waals surface area contributed by atoms with Gasteiger partial charge in [0.25, 0.3) is 0 Å². The number of hydrogen-bond acceptors (Lipinski definition) is 4. The SMILES string of the molecule is CCOC(=O)c1[nH]c2ccc(C(=O)C(C)OC)cc2c1C. The van der Waals surface area contributed by atoms with Gasteiger partial charge in [-0.25, -0.2) is 4.79 Å². The lowest BCUT2D eigenvalue weighted by molar-refractivity contribution is 0.0519. The zero-order valence-corrected chi connectivity index (χ0v) is 12.6. The van der Waals surface area contributed by atoms with Crippen molar-refractivity contribution >= 4 is 22.7 Å².